The molecule has 2 nitrogen and oxygen atoms in total. The van der Waals surface area contributed by atoms with Crippen molar-refractivity contribution in [2.45, 2.75) is 6.42 Å². The molecule has 0 atom stereocenters. The van der Waals surface area contributed by atoms with Crippen molar-refractivity contribution in [1.29, 1.82) is 0 Å². The van der Waals surface area contributed by atoms with E-state index in [4.69, 9.17) is 11.5 Å². The molecular formula is C6H15ClN2. The molecule has 9 heavy (non-hydrogen) atoms. The first-order valence-electron chi connectivity index (χ1n) is 2.86. The minimum atomic E-state index is 0. The summed E-state index contributed by atoms with van der Waals surface area (Å²) >= 11 is 0. The normalized spacial score (nSPS) is 8.78. The van der Waals surface area contributed by atoms with Crippen LogP contribution in [0.2, 0.25) is 0 Å². The molecule has 0 radical (unpaired) electrons. The van der Waals surface area contributed by atoms with Crippen LogP contribution in [0.5, 0.6) is 0 Å². The molecule has 0 aromatic heterocycles. The molecule has 4 N–H and O–H groups in total. The van der Waals surface area contributed by atoms with Crippen LogP contribution >= 0.6 is 12.4 Å². The van der Waals surface area contributed by atoms with Gasteiger partial charge in [0.1, 0.15) is 0 Å². The predicted octanol–water partition coefficient (Wildman–Crippen LogP) is 0.518. The van der Waals surface area contributed by atoms with Crippen LogP contribution in [-0.2, 0) is 0 Å². The number of hydrogen-bond donors (Lipinski definition) is 2. The molecule has 0 aliphatic heterocycles. The summed E-state index contributed by atoms with van der Waals surface area (Å²) in [6.45, 7) is 4.92. The second kappa shape index (κ2) is 7.95. The third-order valence-corrected chi connectivity index (χ3v) is 1.17. The highest BCUT2D eigenvalue weighted by Gasteiger charge is 1.98. The molecule has 0 fully saturated rings. The standard InChI is InChI=1S/C6H14N2.ClH/c1-2-3-6(4-7)5-8;/h2,6H,1,3-5,7-8H2;1H. The van der Waals surface area contributed by atoms with E-state index in [1.165, 1.54) is 0 Å². The van der Waals surface area contributed by atoms with E-state index in [1.54, 1.807) is 0 Å². The van der Waals surface area contributed by atoms with Crippen molar-refractivity contribution in [2.75, 3.05) is 13.1 Å². The maximum Gasteiger partial charge on any atom is -0.00338 e. The van der Waals surface area contributed by atoms with Gasteiger partial charge in [0, 0.05) is 0 Å². The molecule has 0 bridgehead atoms. The minimum absolute atomic E-state index is 0. The van der Waals surface area contributed by atoms with Crippen molar-refractivity contribution in [3.05, 3.63) is 12.7 Å². The number of hydrogen-bond acceptors (Lipinski definition) is 2. The fourth-order valence-corrected chi connectivity index (χ4v) is 0.524. The highest BCUT2D eigenvalue weighted by Crippen LogP contribution is 1.96. The Kier molecular flexibility index (Phi) is 10.3. The highest BCUT2D eigenvalue weighted by atomic mass is 35.5. The lowest BCUT2D eigenvalue weighted by atomic mass is 10.1. The third kappa shape index (κ3) is 5.83. The van der Waals surface area contributed by atoms with Crippen LogP contribution in [0.1, 0.15) is 6.42 Å². The van der Waals surface area contributed by atoms with Crippen LogP contribution in [0.3, 0.4) is 0 Å². The maximum absolute atomic E-state index is 5.34. The van der Waals surface area contributed by atoms with E-state index in [2.05, 4.69) is 6.58 Å². The van der Waals surface area contributed by atoms with Crippen molar-refractivity contribution in [3.63, 3.8) is 0 Å². The lowest BCUT2D eigenvalue weighted by molar-refractivity contribution is 0.559. The van der Waals surface area contributed by atoms with Crippen molar-refractivity contribution in [1.82, 2.24) is 0 Å². The van der Waals surface area contributed by atoms with E-state index in [9.17, 15) is 0 Å². The number of rotatable bonds is 4. The summed E-state index contributed by atoms with van der Waals surface area (Å²) in [5.74, 6) is 0.437. The summed E-state index contributed by atoms with van der Waals surface area (Å²) in [4.78, 5) is 0. The van der Waals surface area contributed by atoms with E-state index in [-0.39, 0.29) is 12.4 Å². The van der Waals surface area contributed by atoms with E-state index in [0.717, 1.165) is 6.42 Å². The zero-order chi connectivity index (χ0) is 6.41. The van der Waals surface area contributed by atoms with Crippen molar-refractivity contribution < 1.29 is 0 Å². The van der Waals surface area contributed by atoms with Gasteiger partial charge in [-0.05, 0) is 25.4 Å². The summed E-state index contributed by atoms with van der Waals surface area (Å²) in [6, 6.07) is 0. The van der Waals surface area contributed by atoms with Gasteiger partial charge in [-0.3, -0.25) is 0 Å². The molecule has 0 saturated heterocycles. The summed E-state index contributed by atoms with van der Waals surface area (Å²) in [6.07, 6.45) is 2.79. The average molecular weight is 151 g/mol. The molecule has 0 rings (SSSR count). The van der Waals surface area contributed by atoms with Crippen LogP contribution in [0.25, 0.3) is 0 Å². The Morgan fingerprint density at radius 2 is 1.78 bits per heavy atom. The second-order valence-corrected chi connectivity index (χ2v) is 1.86. The fourth-order valence-electron chi connectivity index (χ4n) is 0.524. The molecule has 0 spiro atoms. The third-order valence-electron chi connectivity index (χ3n) is 1.17. The lowest BCUT2D eigenvalue weighted by Gasteiger charge is -2.06. The van der Waals surface area contributed by atoms with Crippen LogP contribution < -0.4 is 11.5 Å². The predicted molar refractivity (Wildman–Crippen MR) is 43.7 cm³/mol. The van der Waals surface area contributed by atoms with Gasteiger partial charge in [0.05, 0.1) is 0 Å². The molecule has 0 aliphatic rings. The zero-order valence-electron chi connectivity index (χ0n) is 5.55. The van der Waals surface area contributed by atoms with Gasteiger partial charge in [0.25, 0.3) is 0 Å². The summed E-state index contributed by atoms with van der Waals surface area (Å²) in [5.41, 5.74) is 10.7. The second-order valence-electron chi connectivity index (χ2n) is 1.86. The van der Waals surface area contributed by atoms with Gasteiger partial charge in [0.2, 0.25) is 0 Å². The van der Waals surface area contributed by atoms with Crippen molar-refractivity contribution in [2.24, 2.45) is 17.4 Å². The SMILES string of the molecule is C=CCC(CN)CN.Cl. The number of allylic oxidation sites excluding steroid dienone is 1. The molecule has 3 heteroatoms. The Bertz CT molecular complexity index is 62.1. The van der Waals surface area contributed by atoms with Gasteiger partial charge in [-0.1, -0.05) is 6.08 Å². The Balaban J connectivity index is 0. The van der Waals surface area contributed by atoms with Crippen molar-refractivity contribution >= 4 is 12.4 Å². The summed E-state index contributed by atoms with van der Waals surface area (Å²) in [5, 5.41) is 0. The molecule has 0 saturated carbocycles. The van der Waals surface area contributed by atoms with E-state index in [1.807, 2.05) is 6.08 Å². The molecule has 0 heterocycles. The Hall–Kier alpha value is -0.0500. The van der Waals surface area contributed by atoms with Gasteiger partial charge in [-0.15, -0.1) is 19.0 Å². The summed E-state index contributed by atoms with van der Waals surface area (Å²) < 4.78 is 0. The molecule has 0 aromatic carbocycles. The fraction of sp³-hybridized carbons (Fsp3) is 0.667. The average Bonchev–Trinajstić information content (AvgIpc) is 1.83. The van der Waals surface area contributed by atoms with Crippen LogP contribution in [0.4, 0.5) is 0 Å². The largest absolute Gasteiger partial charge is 0.330 e. The smallest absolute Gasteiger partial charge is 0.00338 e. The van der Waals surface area contributed by atoms with Crippen LogP contribution in [-0.4, -0.2) is 13.1 Å². The van der Waals surface area contributed by atoms with Gasteiger partial charge in [-0.25, -0.2) is 0 Å². The van der Waals surface area contributed by atoms with Crippen LogP contribution in [0, 0.1) is 5.92 Å². The summed E-state index contributed by atoms with van der Waals surface area (Å²) in [7, 11) is 0. The van der Waals surface area contributed by atoms with Gasteiger partial charge in [0.15, 0.2) is 0 Å². The van der Waals surface area contributed by atoms with E-state index in [0.29, 0.717) is 19.0 Å². The van der Waals surface area contributed by atoms with Gasteiger partial charge < -0.3 is 11.5 Å². The zero-order valence-corrected chi connectivity index (χ0v) is 6.36. The number of nitrogens with two attached hydrogens (primary N) is 2. The van der Waals surface area contributed by atoms with E-state index < -0.39 is 0 Å². The van der Waals surface area contributed by atoms with Gasteiger partial charge >= 0.3 is 0 Å². The molecule has 0 unspecified atom stereocenters. The Labute approximate surface area is 62.7 Å². The van der Waals surface area contributed by atoms with E-state index >= 15 is 0 Å². The first-order chi connectivity index (χ1) is 3.85. The van der Waals surface area contributed by atoms with Crippen LogP contribution in [0.15, 0.2) is 12.7 Å². The Morgan fingerprint density at radius 1 is 1.33 bits per heavy atom. The topological polar surface area (TPSA) is 52.0 Å². The molecule has 0 aliphatic carbocycles. The minimum Gasteiger partial charge on any atom is -0.330 e. The van der Waals surface area contributed by atoms with Crippen molar-refractivity contribution in [3.8, 4) is 0 Å². The highest BCUT2D eigenvalue weighted by molar-refractivity contribution is 5.85. The molecule has 56 valence electrons. The quantitative estimate of drug-likeness (QED) is 0.575. The number of halogens is 1. The molecule has 0 aromatic rings. The Morgan fingerprint density at radius 3 is 1.89 bits per heavy atom. The molecular weight excluding hydrogens is 136 g/mol. The first-order valence-corrected chi connectivity index (χ1v) is 2.86. The van der Waals surface area contributed by atoms with Gasteiger partial charge in [-0.2, -0.15) is 0 Å². The molecule has 0 amide bonds. The lowest BCUT2D eigenvalue weighted by Crippen LogP contribution is -2.22. The maximum atomic E-state index is 5.34. The monoisotopic (exact) mass is 150 g/mol. The first kappa shape index (κ1) is 11.7.